The van der Waals surface area contributed by atoms with Crippen LogP contribution in [0.15, 0.2) is 18.2 Å². The summed E-state index contributed by atoms with van der Waals surface area (Å²) >= 11 is 11.7. The Balaban J connectivity index is 3.14. The van der Waals surface area contributed by atoms with Crippen LogP contribution in [-0.2, 0) is 14.3 Å². The zero-order valence-corrected chi connectivity index (χ0v) is 11.0. The molecule has 92 valence electrons. The second-order valence-electron chi connectivity index (χ2n) is 3.46. The first-order valence-corrected chi connectivity index (χ1v) is 5.85. The lowest BCUT2D eigenvalue weighted by atomic mass is 9.95. The van der Waals surface area contributed by atoms with Gasteiger partial charge in [-0.1, -0.05) is 29.3 Å². The monoisotopic (exact) mass is 274 g/mol. The maximum Gasteiger partial charge on any atom is 0.321 e. The zero-order chi connectivity index (χ0) is 13.0. The number of rotatable bonds is 4. The van der Waals surface area contributed by atoms with Crippen LogP contribution in [0.4, 0.5) is 0 Å². The van der Waals surface area contributed by atoms with Crippen molar-refractivity contribution in [2.45, 2.75) is 19.8 Å². The van der Waals surface area contributed by atoms with Gasteiger partial charge in [0, 0.05) is 10.0 Å². The number of esters is 1. The zero-order valence-electron chi connectivity index (χ0n) is 9.50. The van der Waals surface area contributed by atoms with Gasteiger partial charge in [0.2, 0.25) is 0 Å². The quantitative estimate of drug-likeness (QED) is 0.626. The van der Waals surface area contributed by atoms with Gasteiger partial charge in [0.05, 0.1) is 6.61 Å². The molecule has 0 aliphatic rings. The second kappa shape index (κ2) is 6.03. The van der Waals surface area contributed by atoms with E-state index < -0.39 is 11.9 Å². The Hall–Kier alpha value is -1.06. The van der Waals surface area contributed by atoms with E-state index in [1.165, 1.54) is 13.0 Å². The molecule has 1 aromatic carbocycles. The summed E-state index contributed by atoms with van der Waals surface area (Å²) in [5.74, 6) is -1.89. The Bertz CT molecular complexity index is 443. The maximum atomic E-state index is 11.7. The lowest BCUT2D eigenvalue weighted by Gasteiger charge is -2.14. The molecule has 5 heteroatoms. The van der Waals surface area contributed by atoms with E-state index in [1.807, 2.05) is 0 Å². The van der Waals surface area contributed by atoms with Gasteiger partial charge < -0.3 is 4.74 Å². The van der Waals surface area contributed by atoms with Crippen LogP contribution < -0.4 is 0 Å². The molecule has 0 amide bonds. The Morgan fingerprint density at radius 2 is 2.00 bits per heavy atom. The van der Waals surface area contributed by atoms with Crippen LogP contribution in [0.25, 0.3) is 0 Å². The highest BCUT2D eigenvalue weighted by molar-refractivity contribution is 6.35. The molecule has 0 heterocycles. The average Bonchev–Trinajstić information content (AvgIpc) is 2.21. The highest BCUT2D eigenvalue weighted by Gasteiger charge is 2.28. The number of carbonyl (C=O) groups excluding carboxylic acids is 2. The predicted octanol–water partition coefficient (Wildman–Crippen LogP) is 3.23. The van der Waals surface area contributed by atoms with Crippen molar-refractivity contribution >= 4 is 35.0 Å². The highest BCUT2D eigenvalue weighted by atomic mass is 35.5. The molecule has 0 fully saturated rings. The fourth-order valence-electron chi connectivity index (χ4n) is 1.47. The summed E-state index contributed by atoms with van der Waals surface area (Å²) in [6.07, 6.45) is 0. The molecule has 0 N–H and O–H groups in total. The van der Waals surface area contributed by atoms with Crippen molar-refractivity contribution in [2.75, 3.05) is 6.61 Å². The minimum Gasteiger partial charge on any atom is -0.465 e. The molecule has 3 nitrogen and oxygen atoms in total. The van der Waals surface area contributed by atoms with Crippen LogP contribution in [0.2, 0.25) is 10.0 Å². The first kappa shape index (κ1) is 14.0. The minimum atomic E-state index is -0.986. The predicted molar refractivity (Wildman–Crippen MR) is 66.5 cm³/mol. The molecule has 0 spiro atoms. The van der Waals surface area contributed by atoms with Crippen molar-refractivity contribution in [3.05, 3.63) is 33.8 Å². The molecule has 0 saturated carbocycles. The average molecular weight is 275 g/mol. The lowest BCUT2D eigenvalue weighted by molar-refractivity contribution is -0.147. The first-order chi connectivity index (χ1) is 7.97. The van der Waals surface area contributed by atoms with Crippen molar-refractivity contribution in [1.29, 1.82) is 0 Å². The molecule has 1 unspecified atom stereocenters. The summed E-state index contributed by atoms with van der Waals surface area (Å²) in [6.45, 7) is 3.22. The molecule has 0 aliphatic heterocycles. The summed E-state index contributed by atoms with van der Waals surface area (Å²) in [5.41, 5.74) is 0.419. The third-order valence-corrected chi connectivity index (χ3v) is 2.76. The molecule has 1 rings (SSSR count). The third-order valence-electron chi connectivity index (χ3n) is 2.20. The van der Waals surface area contributed by atoms with E-state index in [-0.39, 0.29) is 17.4 Å². The number of ether oxygens (including phenoxy) is 1. The fraction of sp³-hybridized carbons (Fsp3) is 0.333. The third kappa shape index (κ3) is 3.45. The van der Waals surface area contributed by atoms with Gasteiger partial charge in [0.15, 0.2) is 0 Å². The van der Waals surface area contributed by atoms with Crippen LogP contribution in [0.3, 0.4) is 0 Å². The molecule has 0 aliphatic carbocycles. The Labute approximate surface area is 110 Å². The summed E-state index contributed by atoms with van der Waals surface area (Å²) in [5, 5.41) is 0.732. The number of carbonyl (C=O) groups is 2. The van der Waals surface area contributed by atoms with Crippen molar-refractivity contribution in [1.82, 2.24) is 0 Å². The van der Waals surface area contributed by atoms with Gasteiger partial charge in [-0.3, -0.25) is 9.59 Å². The van der Waals surface area contributed by atoms with E-state index in [0.717, 1.165) is 0 Å². The number of benzene rings is 1. The molecule has 0 radical (unpaired) electrons. The molecule has 17 heavy (non-hydrogen) atoms. The normalized spacial score (nSPS) is 12.0. The van der Waals surface area contributed by atoms with Gasteiger partial charge in [0.25, 0.3) is 0 Å². The molecular formula is C12H12Cl2O3. The van der Waals surface area contributed by atoms with Gasteiger partial charge in [0.1, 0.15) is 11.7 Å². The minimum absolute atomic E-state index is 0.216. The van der Waals surface area contributed by atoms with E-state index in [9.17, 15) is 9.59 Å². The summed E-state index contributed by atoms with van der Waals surface area (Å²) < 4.78 is 4.85. The number of ketones is 1. The molecule has 1 aromatic rings. The summed E-state index contributed by atoms with van der Waals surface area (Å²) in [6, 6.07) is 4.64. The SMILES string of the molecule is CCOC(=O)C(C(C)=O)c1ccc(Cl)cc1Cl. The van der Waals surface area contributed by atoms with Gasteiger partial charge in [-0.2, -0.15) is 0 Å². The van der Waals surface area contributed by atoms with Crippen molar-refractivity contribution in [3.63, 3.8) is 0 Å². The number of halogens is 2. The molecular weight excluding hydrogens is 263 g/mol. The van der Waals surface area contributed by atoms with Crippen LogP contribution in [0.1, 0.15) is 25.3 Å². The standard InChI is InChI=1S/C12H12Cl2O3/c1-3-17-12(16)11(7(2)15)9-5-4-8(13)6-10(9)14/h4-6,11H,3H2,1-2H3. The summed E-state index contributed by atoms with van der Waals surface area (Å²) in [4.78, 5) is 23.2. The van der Waals surface area contributed by atoms with Crippen molar-refractivity contribution in [3.8, 4) is 0 Å². The fourth-order valence-corrected chi connectivity index (χ4v) is 1.99. The van der Waals surface area contributed by atoms with E-state index >= 15 is 0 Å². The van der Waals surface area contributed by atoms with E-state index in [1.54, 1.807) is 19.1 Å². The highest BCUT2D eigenvalue weighted by Crippen LogP contribution is 2.29. The van der Waals surface area contributed by atoms with Crippen LogP contribution >= 0.6 is 23.2 Å². The largest absolute Gasteiger partial charge is 0.465 e. The van der Waals surface area contributed by atoms with E-state index in [2.05, 4.69) is 0 Å². The smallest absolute Gasteiger partial charge is 0.321 e. The molecule has 1 atom stereocenters. The van der Waals surface area contributed by atoms with Gasteiger partial charge in [-0.05, 0) is 31.5 Å². The molecule has 0 saturated heterocycles. The van der Waals surface area contributed by atoms with Gasteiger partial charge in [-0.15, -0.1) is 0 Å². The molecule has 0 bridgehead atoms. The number of Topliss-reactive ketones (excluding diaryl/α,β-unsaturated/α-hetero) is 1. The Morgan fingerprint density at radius 3 is 2.47 bits per heavy atom. The number of hydrogen-bond donors (Lipinski definition) is 0. The Morgan fingerprint density at radius 1 is 1.35 bits per heavy atom. The van der Waals surface area contributed by atoms with E-state index in [0.29, 0.717) is 10.6 Å². The summed E-state index contributed by atoms with van der Waals surface area (Å²) in [7, 11) is 0. The van der Waals surface area contributed by atoms with Crippen molar-refractivity contribution < 1.29 is 14.3 Å². The van der Waals surface area contributed by atoms with Gasteiger partial charge in [-0.25, -0.2) is 0 Å². The van der Waals surface area contributed by atoms with Gasteiger partial charge >= 0.3 is 5.97 Å². The molecule has 0 aromatic heterocycles. The lowest BCUT2D eigenvalue weighted by Crippen LogP contribution is -2.22. The van der Waals surface area contributed by atoms with Crippen molar-refractivity contribution in [2.24, 2.45) is 0 Å². The Kier molecular flexibility index (Phi) is 4.97. The maximum absolute atomic E-state index is 11.7. The number of hydrogen-bond acceptors (Lipinski definition) is 3. The van der Waals surface area contributed by atoms with Crippen LogP contribution in [-0.4, -0.2) is 18.4 Å². The van der Waals surface area contributed by atoms with E-state index in [4.69, 9.17) is 27.9 Å². The topological polar surface area (TPSA) is 43.4 Å². The van der Waals surface area contributed by atoms with Crippen LogP contribution in [0.5, 0.6) is 0 Å². The first-order valence-electron chi connectivity index (χ1n) is 5.09. The van der Waals surface area contributed by atoms with Crippen LogP contribution in [0, 0.1) is 0 Å². The second-order valence-corrected chi connectivity index (χ2v) is 4.31.